The Balaban J connectivity index is 2.36. The van der Waals surface area contributed by atoms with Gasteiger partial charge in [0.05, 0.1) is 20.6 Å². The Kier molecular flexibility index (Phi) is 4.30. The number of anilines is 1. The van der Waals surface area contributed by atoms with Gasteiger partial charge in [-0.05, 0) is 29.8 Å². The number of halogens is 1. The summed E-state index contributed by atoms with van der Waals surface area (Å²) in [5.74, 6) is -0.839. The number of carboxylic acids is 1. The standard InChI is InChI=1S/C18H16ClNO5/c1-24-14-5-3-4-11(16(14)25-2)18(9-15(21)22)12-8-10(19)6-7-13(12)20-17(18)23/h3-8H,9H2,1-2H3,(H,20,23)(H,21,22). The highest BCUT2D eigenvalue weighted by Gasteiger charge is 2.51. The molecule has 1 aliphatic heterocycles. The van der Waals surface area contributed by atoms with Gasteiger partial charge in [-0.25, -0.2) is 0 Å². The first-order valence-corrected chi connectivity index (χ1v) is 7.86. The van der Waals surface area contributed by atoms with Crippen molar-refractivity contribution in [2.24, 2.45) is 0 Å². The third-order valence-electron chi connectivity index (χ3n) is 4.36. The van der Waals surface area contributed by atoms with Gasteiger partial charge in [-0.3, -0.25) is 9.59 Å². The van der Waals surface area contributed by atoms with Gasteiger partial charge in [-0.15, -0.1) is 0 Å². The van der Waals surface area contributed by atoms with Crippen LogP contribution in [0.5, 0.6) is 11.5 Å². The zero-order valence-electron chi connectivity index (χ0n) is 13.6. The van der Waals surface area contributed by atoms with Crippen molar-refractivity contribution >= 4 is 29.2 Å². The van der Waals surface area contributed by atoms with Gasteiger partial charge in [-0.2, -0.15) is 0 Å². The first-order valence-electron chi connectivity index (χ1n) is 7.48. The predicted molar refractivity (Wildman–Crippen MR) is 92.7 cm³/mol. The van der Waals surface area contributed by atoms with Gasteiger partial charge in [-0.1, -0.05) is 23.7 Å². The summed E-state index contributed by atoms with van der Waals surface area (Å²) in [7, 11) is 2.92. The number of ether oxygens (including phenoxy) is 2. The molecule has 0 radical (unpaired) electrons. The van der Waals surface area contributed by atoms with E-state index in [0.29, 0.717) is 33.3 Å². The van der Waals surface area contributed by atoms with E-state index in [9.17, 15) is 14.7 Å². The van der Waals surface area contributed by atoms with E-state index in [-0.39, 0.29) is 0 Å². The number of carbonyl (C=O) groups excluding carboxylic acids is 1. The largest absolute Gasteiger partial charge is 0.493 e. The molecular formula is C18H16ClNO5. The molecule has 0 saturated heterocycles. The van der Waals surface area contributed by atoms with Crippen LogP contribution in [0.25, 0.3) is 0 Å². The van der Waals surface area contributed by atoms with Crippen molar-refractivity contribution in [3.63, 3.8) is 0 Å². The number of fused-ring (bicyclic) bond motifs is 1. The van der Waals surface area contributed by atoms with Crippen LogP contribution in [0.4, 0.5) is 5.69 Å². The summed E-state index contributed by atoms with van der Waals surface area (Å²) < 4.78 is 10.8. The zero-order valence-corrected chi connectivity index (χ0v) is 14.4. The minimum absolute atomic E-state index is 0.314. The van der Waals surface area contributed by atoms with Crippen LogP contribution in [0, 0.1) is 0 Å². The molecule has 1 heterocycles. The molecule has 0 spiro atoms. The lowest BCUT2D eigenvalue weighted by atomic mass is 9.72. The second kappa shape index (κ2) is 6.29. The highest BCUT2D eigenvalue weighted by molar-refractivity contribution is 6.31. The molecule has 2 aromatic rings. The number of aliphatic carboxylic acids is 1. The molecule has 1 aliphatic rings. The predicted octanol–water partition coefficient (Wildman–Crippen LogP) is 3.07. The van der Waals surface area contributed by atoms with Crippen molar-refractivity contribution in [3.05, 3.63) is 52.5 Å². The topological polar surface area (TPSA) is 84.9 Å². The Bertz CT molecular complexity index is 867. The number of para-hydroxylation sites is 1. The van der Waals surface area contributed by atoms with Crippen LogP contribution in [0.3, 0.4) is 0 Å². The molecule has 0 aromatic heterocycles. The van der Waals surface area contributed by atoms with E-state index < -0.39 is 23.7 Å². The van der Waals surface area contributed by atoms with Crippen molar-refractivity contribution < 1.29 is 24.2 Å². The summed E-state index contributed by atoms with van der Waals surface area (Å²) in [5.41, 5.74) is -0.0267. The summed E-state index contributed by atoms with van der Waals surface area (Å²) in [4.78, 5) is 24.6. The van der Waals surface area contributed by atoms with E-state index in [1.807, 2.05) is 0 Å². The molecule has 0 aliphatic carbocycles. The maximum atomic E-state index is 13.0. The minimum Gasteiger partial charge on any atom is -0.493 e. The Labute approximate surface area is 149 Å². The molecular weight excluding hydrogens is 346 g/mol. The molecule has 6 nitrogen and oxygen atoms in total. The second-order valence-electron chi connectivity index (χ2n) is 5.66. The number of rotatable bonds is 5. The SMILES string of the molecule is COc1cccc(C2(CC(=O)O)C(=O)Nc3ccc(Cl)cc32)c1OC. The monoisotopic (exact) mass is 361 g/mol. The van der Waals surface area contributed by atoms with Crippen LogP contribution in [0.1, 0.15) is 17.5 Å². The van der Waals surface area contributed by atoms with Crippen LogP contribution in [0.15, 0.2) is 36.4 Å². The van der Waals surface area contributed by atoms with E-state index in [0.717, 1.165) is 0 Å². The lowest BCUT2D eigenvalue weighted by Gasteiger charge is -2.28. The summed E-state index contributed by atoms with van der Waals surface area (Å²) in [6.07, 6.45) is -0.449. The maximum Gasteiger partial charge on any atom is 0.305 e. The molecule has 1 atom stereocenters. The Morgan fingerprint density at radius 3 is 2.60 bits per heavy atom. The number of benzene rings is 2. The average Bonchev–Trinajstić information content (AvgIpc) is 2.85. The normalized spacial score (nSPS) is 18.4. The van der Waals surface area contributed by atoms with Crippen molar-refractivity contribution in [2.75, 3.05) is 19.5 Å². The van der Waals surface area contributed by atoms with Crippen LogP contribution in [-0.4, -0.2) is 31.2 Å². The summed E-state index contributed by atoms with van der Waals surface area (Å²) in [5, 5.41) is 12.7. The highest BCUT2D eigenvalue weighted by Crippen LogP contribution is 2.50. The molecule has 130 valence electrons. The van der Waals surface area contributed by atoms with Crippen molar-refractivity contribution in [2.45, 2.75) is 11.8 Å². The van der Waals surface area contributed by atoms with Crippen LogP contribution < -0.4 is 14.8 Å². The van der Waals surface area contributed by atoms with Crippen molar-refractivity contribution in [3.8, 4) is 11.5 Å². The quantitative estimate of drug-likeness (QED) is 0.854. The maximum absolute atomic E-state index is 13.0. The van der Waals surface area contributed by atoms with Crippen molar-refractivity contribution in [1.29, 1.82) is 0 Å². The van der Waals surface area contributed by atoms with E-state index in [1.54, 1.807) is 36.4 Å². The fourth-order valence-electron chi connectivity index (χ4n) is 3.32. The number of nitrogens with one attached hydrogen (secondary N) is 1. The van der Waals surface area contributed by atoms with Crippen LogP contribution >= 0.6 is 11.6 Å². The van der Waals surface area contributed by atoms with Gasteiger partial charge >= 0.3 is 5.97 Å². The number of hydrogen-bond acceptors (Lipinski definition) is 4. The first-order chi connectivity index (χ1) is 11.9. The van der Waals surface area contributed by atoms with Gasteiger partial charge < -0.3 is 19.9 Å². The molecule has 0 fully saturated rings. The number of hydrogen-bond donors (Lipinski definition) is 2. The highest BCUT2D eigenvalue weighted by atomic mass is 35.5. The van der Waals surface area contributed by atoms with Gasteiger partial charge in [0.15, 0.2) is 11.5 Å². The number of carbonyl (C=O) groups is 2. The summed E-state index contributed by atoms with van der Waals surface area (Å²) >= 11 is 6.11. The van der Waals surface area contributed by atoms with Crippen LogP contribution in [0.2, 0.25) is 5.02 Å². The summed E-state index contributed by atoms with van der Waals surface area (Å²) in [6.45, 7) is 0. The molecule has 0 bridgehead atoms. The molecule has 7 heteroatoms. The molecule has 1 amide bonds. The summed E-state index contributed by atoms with van der Waals surface area (Å²) in [6, 6.07) is 9.95. The lowest BCUT2D eigenvalue weighted by Crippen LogP contribution is -2.38. The van der Waals surface area contributed by atoms with Gasteiger partial charge in [0.1, 0.15) is 5.41 Å². The number of carboxylic acid groups (broad SMARTS) is 1. The fraction of sp³-hybridized carbons (Fsp3) is 0.222. The molecule has 3 rings (SSSR count). The Hall–Kier alpha value is -2.73. The molecule has 0 saturated carbocycles. The Morgan fingerprint density at radius 1 is 1.20 bits per heavy atom. The average molecular weight is 362 g/mol. The zero-order chi connectivity index (χ0) is 18.2. The number of amides is 1. The van der Waals surface area contributed by atoms with E-state index in [2.05, 4.69) is 5.32 Å². The lowest BCUT2D eigenvalue weighted by molar-refractivity contribution is -0.140. The first kappa shape index (κ1) is 17.1. The fourth-order valence-corrected chi connectivity index (χ4v) is 3.49. The third-order valence-corrected chi connectivity index (χ3v) is 4.59. The van der Waals surface area contributed by atoms with Crippen molar-refractivity contribution in [1.82, 2.24) is 0 Å². The molecule has 2 aromatic carbocycles. The van der Waals surface area contributed by atoms with Gasteiger partial charge in [0.25, 0.3) is 0 Å². The van der Waals surface area contributed by atoms with Gasteiger partial charge in [0.2, 0.25) is 5.91 Å². The minimum atomic E-state index is -1.47. The third kappa shape index (κ3) is 2.59. The van der Waals surface area contributed by atoms with Crippen LogP contribution in [-0.2, 0) is 15.0 Å². The van der Waals surface area contributed by atoms with E-state index in [4.69, 9.17) is 21.1 Å². The van der Waals surface area contributed by atoms with E-state index >= 15 is 0 Å². The van der Waals surface area contributed by atoms with E-state index in [1.165, 1.54) is 14.2 Å². The number of methoxy groups -OCH3 is 2. The smallest absolute Gasteiger partial charge is 0.305 e. The molecule has 2 N–H and O–H groups in total. The molecule has 25 heavy (non-hydrogen) atoms. The Morgan fingerprint density at radius 2 is 1.96 bits per heavy atom. The van der Waals surface area contributed by atoms with Gasteiger partial charge in [0, 0.05) is 16.3 Å². The molecule has 1 unspecified atom stereocenters. The second-order valence-corrected chi connectivity index (χ2v) is 6.10.